The second kappa shape index (κ2) is 7.11. The lowest BCUT2D eigenvalue weighted by atomic mass is 10.2. The van der Waals surface area contributed by atoms with Crippen LogP contribution in [0.15, 0.2) is 17.4 Å². The Morgan fingerprint density at radius 1 is 1.53 bits per heavy atom. The number of nitrogens with zero attached hydrogens (tertiary/aromatic N) is 2. The Morgan fingerprint density at radius 3 is 2.88 bits per heavy atom. The summed E-state index contributed by atoms with van der Waals surface area (Å²) in [5.41, 5.74) is 5.63. The summed E-state index contributed by atoms with van der Waals surface area (Å²) in [5.74, 6) is 0.685. The topological polar surface area (TPSA) is 80.9 Å². The van der Waals surface area contributed by atoms with Gasteiger partial charge in [-0.3, -0.25) is 4.79 Å². The molecule has 1 heterocycles. The molecule has 0 saturated carbocycles. The van der Waals surface area contributed by atoms with E-state index in [9.17, 15) is 4.79 Å². The summed E-state index contributed by atoms with van der Waals surface area (Å²) in [7, 11) is 0. The predicted molar refractivity (Wildman–Crippen MR) is 69.7 cm³/mol. The Hall–Kier alpha value is -1.30. The standard InChI is InChI=1S/C11H18N4OS/c1-3-4-8(2)15-9(16)7-17-11-10(12)13-5-6-14-11/h5-6,8H,3-4,7H2,1-2H3,(H2,12,13)(H,15,16). The smallest absolute Gasteiger partial charge is 0.230 e. The highest BCUT2D eigenvalue weighted by atomic mass is 32.2. The van der Waals surface area contributed by atoms with E-state index in [1.54, 1.807) is 6.20 Å². The van der Waals surface area contributed by atoms with Crippen LogP contribution in [-0.4, -0.2) is 27.7 Å². The third-order valence-corrected chi connectivity index (χ3v) is 3.15. The van der Waals surface area contributed by atoms with E-state index in [2.05, 4.69) is 22.2 Å². The molecule has 1 aromatic heterocycles. The lowest BCUT2D eigenvalue weighted by Crippen LogP contribution is -2.33. The van der Waals surface area contributed by atoms with Gasteiger partial charge in [0.25, 0.3) is 0 Å². The van der Waals surface area contributed by atoms with Crippen molar-refractivity contribution in [1.29, 1.82) is 0 Å². The number of thioether (sulfide) groups is 1. The highest BCUT2D eigenvalue weighted by molar-refractivity contribution is 8.00. The van der Waals surface area contributed by atoms with Crippen molar-refractivity contribution in [2.75, 3.05) is 11.5 Å². The van der Waals surface area contributed by atoms with E-state index in [4.69, 9.17) is 5.73 Å². The fourth-order valence-corrected chi connectivity index (χ4v) is 2.09. The Bertz CT molecular complexity index is 372. The minimum atomic E-state index is 0.000929. The normalized spacial score (nSPS) is 12.1. The fourth-order valence-electron chi connectivity index (χ4n) is 1.40. The molecule has 1 atom stereocenters. The molecule has 0 radical (unpaired) electrons. The summed E-state index contributed by atoms with van der Waals surface area (Å²) >= 11 is 1.30. The van der Waals surface area contributed by atoms with Gasteiger partial charge in [-0.05, 0) is 13.3 Å². The van der Waals surface area contributed by atoms with Gasteiger partial charge in [0, 0.05) is 18.4 Å². The van der Waals surface area contributed by atoms with Crippen molar-refractivity contribution in [2.24, 2.45) is 0 Å². The molecule has 1 unspecified atom stereocenters. The molecule has 94 valence electrons. The number of aromatic nitrogens is 2. The highest BCUT2D eigenvalue weighted by Gasteiger charge is 2.09. The van der Waals surface area contributed by atoms with Gasteiger partial charge in [-0.15, -0.1) is 0 Å². The molecule has 1 amide bonds. The second-order valence-corrected chi connectivity index (χ2v) is 4.76. The zero-order valence-corrected chi connectivity index (χ0v) is 11.0. The summed E-state index contributed by atoms with van der Waals surface area (Å²) in [6.07, 6.45) is 5.15. The van der Waals surface area contributed by atoms with Crippen LogP contribution in [0.3, 0.4) is 0 Å². The third kappa shape index (κ3) is 5.04. The Labute approximate surface area is 106 Å². The number of amides is 1. The number of hydrogen-bond donors (Lipinski definition) is 2. The summed E-state index contributed by atoms with van der Waals surface area (Å²) in [5, 5.41) is 3.52. The molecule has 17 heavy (non-hydrogen) atoms. The van der Waals surface area contributed by atoms with Gasteiger partial charge in [-0.2, -0.15) is 0 Å². The van der Waals surface area contributed by atoms with E-state index in [0.717, 1.165) is 12.8 Å². The number of nitrogens with two attached hydrogens (primary N) is 1. The third-order valence-electron chi connectivity index (χ3n) is 2.16. The first-order chi connectivity index (χ1) is 8.13. The molecule has 0 aliphatic rings. The Kier molecular flexibility index (Phi) is 5.76. The van der Waals surface area contributed by atoms with Crippen LogP contribution in [-0.2, 0) is 4.79 Å². The number of hydrogen-bond acceptors (Lipinski definition) is 5. The zero-order valence-electron chi connectivity index (χ0n) is 10.1. The maximum Gasteiger partial charge on any atom is 0.230 e. The van der Waals surface area contributed by atoms with Crippen LogP contribution in [0.1, 0.15) is 26.7 Å². The van der Waals surface area contributed by atoms with Gasteiger partial charge in [-0.1, -0.05) is 25.1 Å². The molecular formula is C11H18N4OS. The summed E-state index contributed by atoms with van der Waals surface area (Å²) < 4.78 is 0. The second-order valence-electron chi connectivity index (χ2n) is 3.79. The number of carbonyl (C=O) groups is 1. The molecule has 0 bridgehead atoms. The molecular weight excluding hydrogens is 236 g/mol. The molecule has 0 spiro atoms. The van der Waals surface area contributed by atoms with Crippen molar-refractivity contribution in [3.05, 3.63) is 12.4 Å². The van der Waals surface area contributed by atoms with E-state index in [-0.39, 0.29) is 11.9 Å². The Balaban J connectivity index is 2.36. The summed E-state index contributed by atoms with van der Waals surface area (Å²) in [6.45, 7) is 4.10. The maximum absolute atomic E-state index is 11.6. The van der Waals surface area contributed by atoms with Crippen LogP contribution in [0, 0.1) is 0 Å². The van der Waals surface area contributed by atoms with Crippen molar-refractivity contribution in [3.8, 4) is 0 Å². The van der Waals surface area contributed by atoms with Gasteiger partial charge in [-0.25, -0.2) is 9.97 Å². The summed E-state index contributed by atoms with van der Waals surface area (Å²) in [6, 6.07) is 0.215. The molecule has 0 saturated heterocycles. The van der Waals surface area contributed by atoms with Gasteiger partial charge < -0.3 is 11.1 Å². The molecule has 0 fully saturated rings. The van der Waals surface area contributed by atoms with E-state index in [1.807, 2.05) is 6.92 Å². The molecule has 5 nitrogen and oxygen atoms in total. The fraction of sp³-hybridized carbons (Fsp3) is 0.545. The maximum atomic E-state index is 11.6. The number of nitrogen functional groups attached to an aromatic ring is 1. The van der Waals surface area contributed by atoms with Gasteiger partial charge >= 0.3 is 0 Å². The van der Waals surface area contributed by atoms with Crippen LogP contribution in [0.25, 0.3) is 0 Å². The first-order valence-electron chi connectivity index (χ1n) is 5.62. The zero-order chi connectivity index (χ0) is 12.7. The molecule has 1 rings (SSSR count). The average Bonchev–Trinajstić information content (AvgIpc) is 2.28. The molecule has 1 aromatic rings. The minimum Gasteiger partial charge on any atom is -0.381 e. The van der Waals surface area contributed by atoms with Gasteiger partial charge in [0.2, 0.25) is 5.91 Å². The van der Waals surface area contributed by atoms with Gasteiger partial charge in [0.05, 0.1) is 5.75 Å². The number of rotatable bonds is 6. The van der Waals surface area contributed by atoms with Crippen molar-refractivity contribution < 1.29 is 4.79 Å². The SMILES string of the molecule is CCCC(C)NC(=O)CSc1nccnc1N. The van der Waals surface area contributed by atoms with Crippen molar-refractivity contribution in [2.45, 2.75) is 37.8 Å². The lowest BCUT2D eigenvalue weighted by Gasteiger charge is -2.12. The van der Waals surface area contributed by atoms with Crippen LogP contribution < -0.4 is 11.1 Å². The number of carbonyl (C=O) groups excluding carboxylic acids is 1. The minimum absolute atomic E-state index is 0.000929. The first kappa shape index (κ1) is 13.8. The quantitative estimate of drug-likeness (QED) is 0.751. The van der Waals surface area contributed by atoms with E-state index >= 15 is 0 Å². The van der Waals surface area contributed by atoms with Crippen LogP contribution >= 0.6 is 11.8 Å². The summed E-state index contributed by atoms with van der Waals surface area (Å²) in [4.78, 5) is 19.6. The number of anilines is 1. The van der Waals surface area contributed by atoms with E-state index in [0.29, 0.717) is 16.6 Å². The van der Waals surface area contributed by atoms with E-state index < -0.39 is 0 Å². The average molecular weight is 254 g/mol. The van der Waals surface area contributed by atoms with Crippen LogP contribution in [0.2, 0.25) is 0 Å². The van der Waals surface area contributed by atoms with Crippen LogP contribution in [0.4, 0.5) is 5.82 Å². The van der Waals surface area contributed by atoms with Crippen molar-refractivity contribution in [3.63, 3.8) is 0 Å². The Morgan fingerprint density at radius 2 is 2.24 bits per heavy atom. The van der Waals surface area contributed by atoms with Crippen molar-refractivity contribution >= 4 is 23.5 Å². The predicted octanol–water partition coefficient (Wildman–Crippen LogP) is 1.46. The van der Waals surface area contributed by atoms with Gasteiger partial charge in [0.1, 0.15) is 5.03 Å². The molecule has 0 aromatic carbocycles. The number of nitrogens with one attached hydrogen (secondary N) is 1. The molecule has 6 heteroatoms. The van der Waals surface area contributed by atoms with Crippen molar-refractivity contribution in [1.82, 2.24) is 15.3 Å². The molecule has 0 aliphatic heterocycles. The van der Waals surface area contributed by atoms with Gasteiger partial charge in [0.15, 0.2) is 5.82 Å². The highest BCUT2D eigenvalue weighted by Crippen LogP contribution is 2.19. The van der Waals surface area contributed by atoms with E-state index in [1.165, 1.54) is 18.0 Å². The molecule has 0 aliphatic carbocycles. The van der Waals surface area contributed by atoms with Crippen LogP contribution in [0.5, 0.6) is 0 Å². The first-order valence-corrected chi connectivity index (χ1v) is 6.60. The lowest BCUT2D eigenvalue weighted by molar-refractivity contribution is -0.119. The monoisotopic (exact) mass is 254 g/mol. The largest absolute Gasteiger partial charge is 0.381 e. The molecule has 3 N–H and O–H groups in total.